The Morgan fingerprint density at radius 3 is 2.15 bits per heavy atom. The first-order chi connectivity index (χ1) is 13.0. The van der Waals surface area contributed by atoms with Gasteiger partial charge in [-0.15, -0.1) is 0 Å². The minimum atomic E-state index is -2.78. The summed E-state index contributed by atoms with van der Waals surface area (Å²) in [6.07, 6.45) is -0.764. The molecule has 6 heteroatoms. The third-order valence-corrected chi connectivity index (χ3v) is 5.07. The van der Waals surface area contributed by atoms with Crippen LogP contribution in [0.4, 0.5) is 13.2 Å². The number of halogens is 3. The zero-order valence-electron chi connectivity index (χ0n) is 14.8. The van der Waals surface area contributed by atoms with E-state index < -0.39 is 24.2 Å². The number of carbonyl (C=O) groups excluding carboxylic acids is 1. The highest BCUT2D eigenvalue weighted by atomic mass is 19.3. The van der Waals surface area contributed by atoms with Crippen molar-refractivity contribution in [3.63, 3.8) is 0 Å². The van der Waals surface area contributed by atoms with E-state index >= 15 is 0 Å². The number of ether oxygens (including phenoxy) is 2. The van der Waals surface area contributed by atoms with Crippen LogP contribution in [-0.2, 0) is 21.6 Å². The molecule has 0 N–H and O–H groups in total. The molecule has 27 heavy (non-hydrogen) atoms. The molecule has 0 aromatic heterocycles. The van der Waals surface area contributed by atoms with E-state index in [-0.39, 0.29) is 32.3 Å². The van der Waals surface area contributed by atoms with Crippen LogP contribution in [0.2, 0.25) is 0 Å². The van der Waals surface area contributed by atoms with E-state index in [1.165, 1.54) is 12.1 Å². The van der Waals surface area contributed by atoms with Crippen LogP contribution in [0.3, 0.4) is 0 Å². The number of rotatable bonds is 6. The molecule has 0 radical (unpaired) electrons. The van der Waals surface area contributed by atoms with E-state index in [4.69, 9.17) is 9.47 Å². The van der Waals surface area contributed by atoms with Crippen molar-refractivity contribution < 1.29 is 27.4 Å². The summed E-state index contributed by atoms with van der Waals surface area (Å²) in [5.41, 5.74) is 0.279. The Balaban J connectivity index is 1.82. The Morgan fingerprint density at radius 1 is 0.926 bits per heavy atom. The minimum absolute atomic E-state index is 0.00304. The molecule has 3 rings (SSSR count). The number of alkyl halides is 3. The van der Waals surface area contributed by atoms with Crippen LogP contribution in [0.25, 0.3) is 0 Å². The van der Waals surface area contributed by atoms with E-state index in [2.05, 4.69) is 0 Å². The number of benzene rings is 2. The average molecular weight is 378 g/mol. The average Bonchev–Trinajstić information content (AvgIpc) is 2.68. The molecule has 1 fully saturated rings. The Kier molecular flexibility index (Phi) is 5.73. The van der Waals surface area contributed by atoms with Gasteiger partial charge in [0.1, 0.15) is 12.4 Å². The lowest BCUT2D eigenvalue weighted by molar-refractivity contribution is -0.157. The monoisotopic (exact) mass is 378 g/mol. The van der Waals surface area contributed by atoms with Gasteiger partial charge in [-0.25, -0.2) is 13.2 Å². The molecule has 0 aliphatic heterocycles. The number of carbonyl (C=O) groups is 1. The van der Waals surface area contributed by atoms with Crippen molar-refractivity contribution in [1.82, 2.24) is 0 Å². The van der Waals surface area contributed by atoms with Gasteiger partial charge in [-0.3, -0.25) is 4.79 Å². The summed E-state index contributed by atoms with van der Waals surface area (Å²) in [5, 5.41) is 0. The van der Waals surface area contributed by atoms with Crippen molar-refractivity contribution in [3.05, 3.63) is 65.7 Å². The predicted molar refractivity (Wildman–Crippen MR) is 94.4 cm³/mol. The smallest absolute Gasteiger partial charge is 0.316 e. The molecule has 3 nitrogen and oxygen atoms in total. The molecule has 0 spiro atoms. The Hall–Kier alpha value is -2.50. The van der Waals surface area contributed by atoms with Crippen LogP contribution in [0.1, 0.15) is 36.8 Å². The predicted octanol–water partition coefficient (Wildman–Crippen LogP) is 5.18. The molecule has 0 heterocycles. The van der Waals surface area contributed by atoms with Gasteiger partial charge in [0.05, 0.1) is 5.41 Å². The quantitative estimate of drug-likeness (QED) is 0.650. The Labute approximate surface area is 156 Å². The first-order valence-corrected chi connectivity index (χ1v) is 8.83. The van der Waals surface area contributed by atoms with Gasteiger partial charge in [-0.05, 0) is 36.1 Å². The van der Waals surface area contributed by atoms with Crippen LogP contribution in [-0.4, -0.2) is 18.8 Å². The van der Waals surface area contributed by atoms with Gasteiger partial charge in [-0.1, -0.05) is 42.5 Å². The molecule has 1 aliphatic rings. The van der Waals surface area contributed by atoms with Gasteiger partial charge in [0.15, 0.2) is 0 Å². The van der Waals surface area contributed by atoms with Crippen LogP contribution >= 0.6 is 0 Å². The zero-order chi connectivity index (χ0) is 19.3. The second kappa shape index (κ2) is 8.03. The lowest BCUT2D eigenvalue weighted by atomic mass is 9.68. The molecule has 2 aromatic rings. The Bertz CT molecular complexity index is 750. The van der Waals surface area contributed by atoms with Gasteiger partial charge in [0.25, 0.3) is 0 Å². The largest absolute Gasteiger partial charge is 0.463 e. The summed E-state index contributed by atoms with van der Waals surface area (Å²) in [6.45, 7) is -0.878. The van der Waals surface area contributed by atoms with Crippen LogP contribution in [0.15, 0.2) is 54.6 Å². The molecule has 0 bridgehead atoms. The maximum Gasteiger partial charge on any atom is 0.316 e. The molecule has 0 atom stereocenters. The van der Waals surface area contributed by atoms with Crippen molar-refractivity contribution in [1.29, 1.82) is 0 Å². The van der Waals surface area contributed by atoms with Gasteiger partial charge in [0.2, 0.25) is 12.8 Å². The van der Waals surface area contributed by atoms with Gasteiger partial charge in [0, 0.05) is 12.8 Å². The van der Waals surface area contributed by atoms with E-state index in [0.717, 1.165) is 5.56 Å². The molecular weight excluding hydrogens is 357 g/mol. The molecule has 2 aromatic carbocycles. The lowest BCUT2D eigenvalue weighted by Crippen LogP contribution is -2.43. The van der Waals surface area contributed by atoms with Gasteiger partial charge < -0.3 is 9.47 Å². The van der Waals surface area contributed by atoms with Crippen LogP contribution in [0.5, 0.6) is 5.75 Å². The summed E-state index contributed by atoms with van der Waals surface area (Å²) in [6, 6.07) is 15.5. The summed E-state index contributed by atoms with van der Waals surface area (Å²) < 4.78 is 50.0. The first kappa shape index (κ1) is 19.3. The standard InChI is InChI=1S/C21H21F3O3/c22-15-27-18-8-6-17(7-9-18)20(10-12-21(23,24)13-11-20)19(25)26-14-16-4-2-1-3-5-16/h1-9H,10-15H2. The second-order valence-electron chi connectivity index (χ2n) is 6.78. The fourth-order valence-electron chi connectivity index (χ4n) is 3.45. The second-order valence-corrected chi connectivity index (χ2v) is 6.78. The third kappa shape index (κ3) is 4.43. The molecule has 0 unspecified atom stereocenters. The van der Waals surface area contributed by atoms with Gasteiger partial charge >= 0.3 is 5.97 Å². The summed E-state index contributed by atoms with van der Waals surface area (Å²) in [4.78, 5) is 13.0. The highest BCUT2D eigenvalue weighted by Crippen LogP contribution is 2.46. The SMILES string of the molecule is O=C(OCc1ccccc1)C1(c2ccc(OCF)cc2)CCC(F)(F)CC1. The zero-order valence-corrected chi connectivity index (χ0v) is 14.8. The number of esters is 1. The van der Waals surface area contributed by atoms with E-state index in [1.807, 2.05) is 30.3 Å². The van der Waals surface area contributed by atoms with E-state index in [0.29, 0.717) is 11.3 Å². The fraction of sp³-hybridized carbons (Fsp3) is 0.381. The number of hydrogen-bond donors (Lipinski definition) is 0. The minimum Gasteiger partial charge on any atom is -0.463 e. The van der Waals surface area contributed by atoms with Crippen molar-refractivity contribution in [2.75, 3.05) is 6.86 Å². The summed E-state index contributed by atoms with van der Waals surface area (Å²) in [5.74, 6) is -2.98. The van der Waals surface area contributed by atoms with Crippen molar-refractivity contribution >= 4 is 5.97 Å². The van der Waals surface area contributed by atoms with E-state index in [9.17, 15) is 18.0 Å². The molecule has 144 valence electrons. The van der Waals surface area contributed by atoms with Crippen molar-refractivity contribution in [2.45, 2.75) is 43.6 Å². The van der Waals surface area contributed by atoms with Gasteiger partial charge in [-0.2, -0.15) is 0 Å². The van der Waals surface area contributed by atoms with Crippen LogP contribution in [0, 0.1) is 0 Å². The molecule has 1 aliphatic carbocycles. The molecular formula is C21H21F3O3. The lowest BCUT2D eigenvalue weighted by Gasteiger charge is -2.38. The molecule has 1 saturated carbocycles. The van der Waals surface area contributed by atoms with Crippen molar-refractivity contribution in [2.24, 2.45) is 0 Å². The summed E-state index contributed by atoms with van der Waals surface area (Å²) >= 11 is 0. The van der Waals surface area contributed by atoms with Crippen LogP contribution < -0.4 is 4.74 Å². The first-order valence-electron chi connectivity index (χ1n) is 8.83. The number of hydrogen-bond acceptors (Lipinski definition) is 3. The molecule has 0 saturated heterocycles. The fourth-order valence-corrected chi connectivity index (χ4v) is 3.45. The highest BCUT2D eigenvalue weighted by molar-refractivity contribution is 5.83. The third-order valence-electron chi connectivity index (χ3n) is 5.07. The maximum atomic E-state index is 13.7. The molecule has 0 amide bonds. The topological polar surface area (TPSA) is 35.5 Å². The summed E-state index contributed by atoms with van der Waals surface area (Å²) in [7, 11) is 0. The highest BCUT2D eigenvalue weighted by Gasteiger charge is 2.49. The Morgan fingerprint density at radius 2 is 1.56 bits per heavy atom. The van der Waals surface area contributed by atoms with Crippen molar-refractivity contribution in [3.8, 4) is 5.75 Å². The normalized spacial score (nSPS) is 17.9. The maximum absolute atomic E-state index is 13.7. The van der Waals surface area contributed by atoms with E-state index in [1.54, 1.807) is 12.1 Å².